The van der Waals surface area contributed by atoms with Gasteiger partial charge in [-0.25, -0.2) is 0 Å². The molecule has 22 heavy (non-hydrogen) atoms. The first kappa shape index (κ1) is 15.9. The van der Waals surface area contributed by atoms with Gasteiger partial charge in [-0.1, -0.05) is 59.2 Å². The highest BCUT2D eigenvalue weighted by molar-refractivity contribution is 5.88. The molecule has 0 saturated heterocycles. The molecule has 0 heterocycles. The number of hydrogen-bond donors (Lipinski definition) is 1. The number of hydrogen-bond acceptors (Lipinski definition) is 3. The quantitative estimate of drug-likeness (QED) is 0.576. The van der Waals surface area contributed by atoms with Crippen LogP contribution in [0.5, 0.6) is 0 Å². The normalized spacial score (nSPS) is 31.9. The van der Waals surface area contributed by atoms with Crippen LogP contribution in [0.1, 0.15) is 25.7 Å². The standard InChI is InChI=1S/C19H20N2O/c1-2-7-15-8-4-3-5-10-16(11-6-9-15)18-13-12-17(21-22)14-19(18)20/h3-6,9-11,17-18,20H,1,8,12-14H2/b4-3-,9-6+,10-5-,16-11-,20-19?. The van der Waals surface area contributed by atoms with Crippen LogP contribution in [0, 0.1) is 16.2 Å². The molecule has 0 aromatic carbocycles. The lowest BCUT2D eigenvalue weighted by Gasteiger charge is -2.26. The molecule has 3 heteroatoms. The molecule has 112 valence electrons. The van der Waals surface area contributed by atoms with E-state index in [1.54, 1.807) is 0 Å². The molecule has 0 aromatic heterocycles. The summed E-state index contributed by atoms with van der Waals surface area (Å²) in [5, 5.41) is 11.3. The molecule has 2 rings (SSSR count). The third-order valence-electron chi connectivity index (χ3n) is 3.92. The van der Waals surface area contributed by atoms with Gasteiger partial charge >= 0.3 is 0 Å². The first-order chi connectivity index (χ1) is 10.7. The molecule has 0 aromatic rings. The van der Waals surface area contributed by atoms with Crippen molar-refractivity contribution in [2.45, 2.75) is 31.7 Å². The second-order valence-electron chi connectivity index (χ2n) is 5.46. The molecule has 0 spiro atoms. The Hall–Kier alpha value is -2.47. The highest BCUT2D eigenvalue weighted by Gasteiger charge is 2.27. The summed E-state index contributed by atoms with van der Waals surface area (Å²) in [5.74, 6) is 0.0779. The van der Waals surface area contributed by atoms with Gasteiger partial charge < -0.3 is 5.41 Å². The maximum atomic E-state index is 10.7. The predicted octanol–water partition coefficient (Wildman–Crippen LogP) is 4.81. The van der Waals surface area contributed by atoms with E-state index in [1.165, 1.54) is 0 Å². The molecule has 2 aliphatic rings. The molecule has 0 radical (unpaired) electrons. The number of nitroso groups, excluding NO2 is 1. The summed E-state index contributed by atoms with van der Waals surface area (Å²) in [4.78, 5) is 10.7. The number of nitrogens with one attached hydrogen (secondary N) is 1. The minimum absolute atomic E-state index is 0.0779. The van der Waals surface area contributed by atoms with Crippen LogP contribution in [-0.4, -0.2) is 11.8 Å². The summed E-state index contributed by atoms with van der Waals surface area (Å²) in [7, 11) is 0. The van der Waals surface area contributed by atoms with Crippen molar-refractivity contribution in [2.75, 3.05) is 0 Å². The SMILES string of the molecule is C=C=C=C1/C=C/C=C(C2CCC(N=O)CC2=N)/C=C\C=C/C1. The van der Waals surface area contributed by atoms with Crippen molar-refractivity contribution < 1.29 is 0 Å². The first-order valence-electron chi connectivity index (χ1n) is 7.49. The number of nitrogens with zero attached hydrogens (tertiary/aromatic N) is 1. The molecule has 2 atom stereocenters. The van der Waals surface area contributed by atoms with Crippen LogP contribution in [0.25, 0.3) is 0 Å². The van der Waals surface area contributed by atoms with Crippen molar-refractivity contribution in [3.63, 3.8) is 0 Å². The lowest BCUT2D eigenvalue weighted by Crippen LogP contribution is -2.27. The van der Waals surface area contributed by atoms with Crippen molar-refractivity contribution in [3.8, 4) is 0 Å². The van der Waals surface area contributed by atoms with E-state index in [2.05, 4.69) is 29.3 Å². The summed E-state index contributed by atoms with van der Waals surface area (Å²) in [5.41, 5.74) is 8.38. The van der Waals surface area contributed by atoms with Gasteiger partial charge in [0, 0.05) is 23.6 Å². The fourth-order valence-electron chi connectivity index (χ4n) is 2.77. The van der Waals surface area contributed by atoms with Crippen LogP contribution >= 0.6 is 0 Å². The van der Waals surface area contributed by atoms with Gasteiger partial charge in [-0.05, 0) is 31.4 Å². The van der Waals surface area contributed by atoms with Gasteiger partial charge in [0.1, 0.15) is 0 Å². The molecule has 3 nitrogen and oxygen atoms in total. The third-order valence-corrected chi connectivity index (χ3v) is 3.92. The molecular formula is C19H20N2O. The highest BCUT2D eigenvalue weighted by atomic mass is 16.3. The Labute approximate surface area is 131 Å². The number of allylic oxidation sites excluding steroid dienone is 9. The molecule has 0 bridgehead atoms. The van der Waals surface area contributed by atoms with Crippen LogP contribution in [-0.2, 0) is 0 Å². The molecule has 1 saturated carbocycles. The van der Waals surface area contributed by atoms with Gasteiger partial charge in [-0.2, -0.15) is 4.91 Å². The maximum Gasteiger partial charge on any atom is 0.0972 e. The van der Waals surface area contributed by atoms with E-state index in [0.29, 0.717) is 12.1 Å². The molecule has 2 aliphatic carbocycles. The van der Waals surface area contributed by atoms with Crippen molar-refractivity contribution in [2.24, 2.45) is 11.1 Å². The topological polar surface area (TPSA) is 53.3 Å². The monoisotopic (exact) mass is 292 g/mol. The van der Waals surface area contributed by atoms with Crippen LogP contribution < -0.4 is 0 Å². The van der Waals surface area contributed by atoms with E-state index in [1.807, 2.05) is 36.5 Å². The summed E-state index contributed by atoms with van der Waals surface area (Å²) in [6, 6.07) is -0.226. The van der Waals surface area contributed by atoms with Gasteiger partial charge in [0.05, 0.1) is 6.04 Å². The molecule has 2 unspecified atom stereocenters. The van der Waals surface area contributed by atoms with E-state index in [-0.39, 0.29) is 12.0 Å². The van der Waals surface area contributed by atoms with Crippen LogP contribution in [0.3, 0.4) is 0 Å². The van der Waals surface area contributed by atoms with E-state index in [9.17, 15) is 4.91 Å². The number of rotatable bonds is 2. The molecule has 0 aliphatic heterocycles. The summed E-state index contributed by atoms with van der Waals surface area (Å²) >= 11 is 0. The van der Waals surface area contributed by atoms with Gasteiger partial charge in [0.25, 0.3) is 0 Å². The van der Waals surface area contributed by atoms with Crippen molar-refractivity contribution >= 4 is 5.71 Å². The second-order valence-corrected chi connectivity index (χ2v) is 5.46. The van der Waals surface area contributed by atoms with Crippen LogP contribution in [0.15, 0.2) is 76.9 Å². The average molecular weight is 292 g/mol. The second kappa shape index (κ2) is 8.09. The van der Waals surface area contributed by atoms with Gasteiger partial charge in [-0.15, -0.1) is 0 Å². The van der Waals surface area contributed by atoms with Crippen molar-refractivity contribution in [1.82, 2.24) is 0 Å². The fraction of sp³-hybridized carbons (Fsp3) is 0.316. The lowest BCUT2D eigenvalue weighted by atomic mass is 9.79. The van der Waals surface area contributed by atoms with Gasteiger partial charge in [0.2, 0.25) is 0 Å². The zero-order valence-corrected chi connectivity index (χ0v) is 12.6. The Morgan fingerprint density at radius 2 is 2.09 bits per heavy atom. The van der Waals surface area contributed by atoms with E-state index in [0.717, 1.165) is 30.4 Å². The molecule has 1 N–H and O–H groups in total. The third kappa shape index (κ3) is 4.26. The fourth-order valence-corrected chi connectivity index (χ4v) is 2.77. The largest absolute Gasteiger partial charge is 0.309 e. The summed E-state index contributed by atoms with van der Waals surface area (Å²) in [6.45, 7) is 3.56. The average Bonchev–Trinajstić information content (AvgIpc) is 2.53. The summed E-state index contributed by atoms with van der Waals surface area (Å²) < 4.78 is 0. The highest BCUT2D eigenvalue weighted by Crippen LogP contribution is 2.30. The van der Waals surface area contributed by atoms with Crippen molar-refractivity contribution in [3.05, 3.63) is 76.6 Å². The van der Waals surface area contributed by atoms with Gasteiger partial charge in [0.15, 0.2) is 0 Å². The summed E-state index contributed by atoms with van der Waals surface area (Å²) in [6.07, 6.45) is 16.9. The Morgan fingerprint density at radius 1 is 1.23 bits per heavy atom. The van der Waals surface area contributed by atoms with E-state index in [4.69, 9.17) is 5.41 Å². The van der Waals surface area contributed by atoms with E-state index < -0.39 is 0 Å². The Balaban J connectivity index is 2.25. The Kier molecular flexibility index (Phi) is 5.85. The van der Waals surface area contributed by atoms with Crippen LogP contribution in [0.4, 0.5) is 0 Å². The Bertz CT molecular complexity index is 651. The van der Waals surface area contributed by atoms with Gasteiger partial charge in [-0.3, -0.25) is 0 Å². The Morgan fingerprint density at radius 3 is 2.82 bits per heavy atom. The van der Waals surface area contributed by atoms with Crippen molar-refractivity contribution in [1.29, 1.82) is 5.41 Å². The zero-order chi connectivity index (χ0) is 15.8. The minimum Gasteiger partial charge on any atom is -0.309 e. The molecule has 0 amide bonds. The molecular weight excluding hydrogens is 272 g/mol. The predicted molar refractivity (Wildman–Crippen MR) is 90.9 cm³/mol. The smallest absolute Gasteiger partial charge is 0.0972 e. The maximum absolute atomic E-state index is 10.7. The van der Waals surface area contributed by atoms with Crippen LogP contribution in [0.2, 0.25) is 0 Å². The lowest BCUT2D eigenvalue weighted by molar-refractivity contribution is 0.512. The first-order valence-corrected chi connectivity index (χ1v) is 7.49. The minimum atomic E-state index is -0.226. The molecule has 1 fully saturated rings. The zero-order valence-electron chi connectivity index (χ0n) is 12.6. The van der Waals surface area contributed by atoms with E-state index >= 15 is 0 Å².